The van der Waals surface area contributed by atoms with Crippen molar-refractivity contribution in [1.82, 2.24) is 9.97 Å². The lowest BCUT2D eigenvalue weighted by Crippen LogP contribution is -2.14. The predicted octanol–water partition coefficient (Wildman–Crippen LogP) is 3.31. The van der Waals surface area contributed by atoms with Gasteiger partial charge in [0.1, 0.15) is 16.6 Å². The highest BCUT2D eigenvalue weighted by atomic mass is 32.1. The summed E-state index contributed by atoms with van der Waals surface area (Å²) in [4.78, 5) is 11.5. The van der Waals surface area contributed by atoms with Crippen molar-refractivity contribution in [2.24, 2.45) is 5.73 Å². The number of hydrogen-bond donors (Lipinski definition) is 1. The summed E-state index contributed by atoms with van der Waals surface area (Å²) in [5.41, 5.74) is 8.48. The lowest BCUT2D eigenvalue weighted by Gasteiger charge is -2.20. The third-order valence-electron chi connectivity index (χ3n) is 3.26. The van der Waals surface area contributed by atoms with Crippen LogP contribution < -0.4 is 10.6 Å². The summed E-state index contributed by atoms with van der Waals surface area (Å²) in [5, 5.41) is 0. The molecule has 2 N–H and O–H groups in total. The zero-order valence-electron chi connectivity index (χ0n) is 12.8. The molecule has 2 rings (SSSR count). The fraction of sp³-hybridized carbons (Fsp3) is 0.312. The van der Waals surface area contributed by atoms with Crippen LogP contribution in [0.1, 0.15) is 36.8 Å². The average Bonchev–Trinajstić information content (AvgIpc) is 2.45. The van der Waals surface area contributed by atoms with Gasteiger partial charge in [-0.1, -0.05) is 26.1 Å². The molecule has 0 bridgehead atoms. The molecule has 0 unspecified atom stereocenters. The van der Waals surface area contributed by atoms with E-state index >= 15 is 0 Å². The first-order chi connectivity index (χ1) is 9.88. The van der Waals surface area contributed by atoms with Gasteiger partial charge in [-0.25, -0.2) is 9.97 Å². The lowest BCUT2D eigenvalue weighted by atomic mass is 10.2. The summed E-state index contributed by atoms with van der Waals surface area (Å²) in [6, 6.07) is 9.80. The first kappa shape index (κ1) is 15.4. The van der Waals surface area contributed by atoms with Crippen LogP contribution in [0.4, 0.5) is 11.5 Å². The molecule has 0 atom stereocenters. The Bertz CT molecular complexity index is 650. The van der Waals surface area contributed by atoms with E-state index in [1.807, 2.05) is 49.2 Å². The second-order valence-electron chi connectivity index (χ2n) is 5.35. The van der Waals surface area contributed by atoms with E-state index in [1.165, 1.54) is 0 Å². The van der Waals surface area contributed by atoms with Gasteiger partial charge in [0.05, 0.1) is 0 Å². The van der Waals surface area contributed by atoms with Crippen molar-refractivity contribution in [1.29, 1.82) is 0 Å². The monoisotopic (exact) mass is 300 g/mol. The second-order valence-corrected chi connectivity index (χ2v) is 5.79. The Morgan fingerprint density at radius 2 is 1.81 bits per heavy atom. The van der Waals surface area contributed by atoms with Crippen LogP contribution in [0.25, 0.3) is 0 Å². The maximum Gasteiger partial charge on any atom is 0.136 e. The largest absolute Gasteiger partial charge is 0.389 e. The predicted molar refractivity (Wildman–Crippen MR) is 91.3 cm³/mol. The topological polar surface area (TPSA) is 55.0 Å². The molecule has 110 valence electrons. The first-order valence-electron chi connectivity index (χ1n) is 6.87. The molecule has 0 spiro atoms. The molecular weight excluding hydrogens is 280 g/mol. The Hall–Kier alpha value is -2.01. The third-order valence-corrected chi connectivity index (χ3v) is 3.49. The number of nitrogens with zero attached hydrogens (tertiary/aromatic N) is 3. The van der Waals surface area contributed by atoms with Crippen LogP contribution in [-0.4, -0.2) is 22.0 Å². The summed E-state index contributed by atoms with van der Waals surface area (Å²) in [5.74, 6) is 2.04. The van der Waals surface area contributed by atoms with Gasteiger partial charge in [-0.3, -0.25) is 0 Å². The van der Waals surface area contributed by atoms with E-state index in [0.717, 1.165) is 28.6 Å². The normalized spacial score (nSPS) is 10.7. The highest BCUT2D eigenvalue weighted by molar-refractivity contribution is 7.80. The number of rotatable bonds is 4. The zero-order chi connectivity index (χ0) is 15.6. The van der Waals surface area contributed by atoms with Crippen LogP contribution in [0.5, 0.6) is 0 Å². The number of hydrogen-bond acceptors (Lipinski definition) is 4. The van der Waals surface area contributed by atoms with E-state index in [9.17, 15) is 0 Å². The number of aromatic nitrogens is 2. The van der Waals surface area contributed by atoms with Gasteiger partial charge in [-0.05, 0) is 31.2 Å². The molecule has 1 aromatic carbocycles. The number of aryl methyl sites for hydroxylation is 1. The summed E-state index contributed by atoms with van der Waals surface area (Å²) in [7, 11) is 1.99. The van der Waals surface area contributed by atoms with E-state index < -0.39 is 0 Å². The quantitative estimate of drug-likeness (QED) is 0.878. The number of nitrogens with two attached hydrogens (primary N) is 1. The SMILES string of the molecule is Cc1cc(N(C)c2ccc(C(N)=S)cc2)nc(C(C)C)n1. The highest BCUT2D eigenvalue weighted by Crippen LogP contribution is 2.24. The molecular formula is C16H20N4S. The molecule has 0 saturated carbocycles. The highest BCUT2D eigenvalue weighted by Gasteiger charge is 2.11. The Morgan fingerprint density at radius 3 is 2.33 bits per heavy atom. The molecule has 4 nitrogen and oxygen atoms in total. The molecule has 5 heteroatoms. The van der Waals surface area contributed by atoms with Crippen LogP contribution >= 0.6 is 12.2 Å². The number of thiocarbonyl (C=S) groups is 1. The van der Waals surface area contributed by atoms with E-state index in [1.54, 1.807) is 0 Å². The molecule has 0 aliphatic heterocycles. The first-order valence-corrected chi connectivity index (χ1v) is 7.28. The smallest absolute Gasteiger partial charge is 0.136 e. The fourth-order valence-electron chi connectivity index (χ4n) is 1.99. The maximum absolute atomic E-state index is 5.62. The van der Waals surface area contributed by atoms with Crippen molar-refractivity contribution < 1.29 is 0 Å². The molecule has 1 aromatic heterocycles. The third kappa shape index (κ3) is 3.55. The molecule has 2 aromatic rings. The molecule has 21 heavy (non-hydrogen) atoms. The summed E-state index contributed by atoms with van der Waals surface area (Å²) in [6.45, 7) is 6.17. The van der Waals surface area contributed by atoms with Crippen LogP contribution in [0.3, 0.4) is 0 Å². The van der Waals surface area contributed by atoms with Gasteiger partial charge in [0.25, 0.3) is 0 Å². The fourth-order valence-corrected chi connectivity index (χ4v) is 2.12. The molecule has 0 radical (unpaired) electrons. The van der Waals surface area contributed by atoms with E-state index in [4.69, 9.17) is 18.0 Å². The molecule has 0 saturated heterocycles. The Labute approximate surface area is 131 Å². The minimum absolute atomic E-state index is 0.300. The van der Waals surface area contributed by atoms with Crippen molar-refractivity contribution in [3.05, 3.63) is 47.4 Å². The van der Waals surface area contributed by atoms with Crippen LogP contribution in [0.15, 0.2) is 30.3 Å². The molecule has 0 aliphatic rings. The van der Waals surface area contributed by atoms with Crippen molar-refractivity contribution >= 4 is 28.7 Å². The Balaban J connectivity index is 2.35. The van der Waals surface area contributed by atoms with Gasteiger partial charge in [0.15, 0.2) is 0 Å². The Morgan fingerprint density at radius 1 is 1.19 bits per heavy atom. The number of anilines is 2. The minimum atomic E-state index is 0.300. The van der Waals surface area contributed by atoms with Crippen molar-refractivity contribution in [3.8, 4) is 0 Å². The number of benzene rings is 1. The molecule has 0 fully saturated rings. The van der Waals surface area contributed by atoms with E-state index in [2.05, 4.69) is 23.8 Å². The van der Waals surface area contributed by atoms with E-state index in [-0.39, 0.29) is 0 Å². The van der Waals surface area contributed by atoms with Crippen LogP contribution in [-0.2, 0) is 0 Å². The van der Waals surface area contributed by atoms with Crippen LogP contribution in [0.2, 0.25) is 0 Å². The van der Waals surface area contributed by atoms with Crippen molar-refractivity contribution in [3.63, 3.8) is 0 Å². The van der Waals surface area contributed by atoms with Gasteiger partial charge in [0, 0.05) is 36.0 Å². The van der Waals surface area contributed by atoms with Crippen molar-refractivity contribution in [2.75, 3.05) is 11.9 Å². The summed E-state index contributed by atoms with van der Waals surface area (Å²) < 4.78 is 0. The standard InChI is InChI=1S/C16H20N4S/c1-10(2)16-18-11(3)9-14(19-16)20(4)13-7-5-12(6-8-13)15(17)21/h5-10H,1-4H3,(H2,17,21). The second kappa shape index (κ2) is 6.18. The average molecular weight is 300 g/mol. The Kier molecular flexibility index (Phi) is 4.53. The van der Waals surface area contributed by atoms with Gasteiger partial charge in [-0.2, -0.15) is 0 Å². The minimum Gasteiger partial charge on any atom is -0.389 e. The van der Waals surface area contributed by atoms with Crippen molar-refractivity contribution in [2.45, 2.75) is 26.7 Å². The van der Waals surface area contributed by atoms with Gasteiger partial charge < -0.3 is 10.6 Å². The van der Waals surface area contributed by atoms with E-state index in [0.29, 0.717) is 10.9 Å². The maximum atomic E-state index is 5.62. The summed E-state index contributed by atoms with van der Waals surface area (Å²) in [6.07, 6.45) is 0. The van der Waals surface area contributed by atoms with Crippen LogP contribution in [0, 0.1) is 6.92 Å². The zero-order valence-corrected chi connectivity index (χ0v) is 13.6. The lowest BCUT2D eigenvalue weighted by molar-refractivity contribution is 0.764. The summed E-state index contributed by atoms with van der Waals surface area (Å²) >= 11 is 4.97. The van der Waals surface area contributed by atoms with Gasteiger partial charge in [-0.15, -0.1) is 0 Å². The van der Waals surface area contributed by atoms with Gasteiger partial charge in [0.2, 0.25) is 0 Å². The van der Waals surface area contributed by atoms with Gasteiger partial charge >= 0.3 is 0 Å². The molecule has 1 heterocycles. The molecule has 0 amide bonds. The molecule has 0 aliphatic carbocycles.